The predicted molar refractivity (Wildman–Crippen MR) is 76.9 cm³/mol. The molecule has 0 aliphatic heterocycles. The number of nitrogens with two attached hydrogens (primary N) is 1. The number of aryl methyl sites for hydroxylation is 1. The fourth-order valence-electron chi connectivity index (χ4n) is 1.94. The molecular weight excluding hydrogens is 246 g/mol. The van der Waals surface area contributed by atoms with Crippen molar-refractivity contribution in [3.63, 3.8) is 0 Å². The molecule has 1 aromatic heterocycles. The summed E-state index contributed by atoms with van der Waals surface area (Å²) in [6, 6.07) is 6.34. The predicted octanol–water partition coefficient (Wildman–Crippen LogP) is 3.92. The quantitative estimate of drug-likeness (QED) is 0.819. The molecule has 1 heterocycles. The second-order valence-electron chi connectivity index (χ2n) is 5.56. The highest BCUT2D eigenvalue weighted by atomic mass is 35.5. The Labute approximate surface area is 112 Å². The molecule has 3 N–H and O–H groups in total. The Morgan fingerprint density at radius 2 is 1.94 bits per heavy atom. The molecule has 2 aromatic rings. The van der Waals surface area contributed by atoms with E-state index in [0.717, 1.165) is 11.1 Å². The number of H-pyrrole nitrogens is 1. The zero-order chi connectivity index (χ0) is 13.5. The van der Waals surface area contributed by atoms with Crippen LogP contribution in [0.25, 0.3) is 11.3 Å². The maximum absolute atomic E-state index is 6.08. The lowest BCUT2D eigenvalue weighted by molar-refractivity contribution is 0.590. The minimum Gasteiger partial charge on any atom is -0.369 e. The summed E-state index contributed by atoms with van der Waals surface area (Å²) in [6.45, 7) is 8.65. The Kier molecular flexibility index (Phi) is 3.11. The number of nitrogens with zero attached hydrogens (tertiary/aromatic N) is 1. The molecule has 96 valence electrons. The van der Waals surface area contributed by atoms with E-state index < -0.39 is 0 Å². The molecule has 4 heteroatoms. The summed E-state index contributed by atoms with van der Waals surface area (Å²) in [5.74, 6) is 0.342. The lowest BCUT2D eigenvalue weighted by Gasteiger charge is -2.20. The highest BCUT2D eigenvalue weighted by Gasteiger charge is 2.17. The van der Waals surface area contributed by atoms with Crippen molar-refractivity contribution in [3.05, 3.63) is 34.5 Å². The van der Waals surface area contributed by atoms with Crippen LogP contribution in [-0.2, 0) is 5.41 Å². The van der Waals surface area contributed by atoms with Crippen LogP contribution in [0.15, 0.2) is 18.2 Å². The van der Waals surface area contributed by atoms with Gasteiger partial charge in [0, 0.05) is 5.56 Å². The number of benzene rings is 1. The number of aromatic nitrogens is 2. The van der Waals surface area contributed by atoms with Gasteiger partial charge in [-0.1, -0.05) is 50.6 Å². The summed E-state index contributed by atoms with van der Waals surface area (Å²) in [5, 5.41) is 0.485. The van der Waals surface area contributed by atoms with E-state index in [-0.39, 0.29) is 5.41 Å². The smallest absolute Gasteiger partial charge is 0.199 e. The lowest BCUT2D eigenvalue weighted by Crippen LogP contribution is -2.11. The number of rotatable bonds is 1. The van der Waals surface area contributed by atoms with Gasteiger partial charge in [-0.15, -0.1) is 0 Å². The van der Waals surface area contributed by atoms with Crippen LogP contribution in [0, 0.1) is 6.92 Å². The fourth-order valence-corrected chi connectivity index (χ4v) is 2.18. The second-order valence-corrected chi connectivity index (χ2v) is 5.94. The van der Waals surface area contributed by atoms with Crippen LogP contribution in [0.2, 0.25) is 5.15 Å². The van der Waals surface area contributed by atoms with Crippen LogP contribution in [-0.4, -0.2) is 9.97 Å². The molecule has 1 aromatic carbocycles. The number of imidazole rings is 1. The fraction of sp³-hybridized carbons (Fsp3) is 0.357. The Balaban J connectivity index is 2.51. The number of anilines is 1. The SMILES string of the molecule is Cc1cc(C(C)(C)C)ccc1-c1nc(N)[nH]c1Cl. The monoisotopic (exact) mass is 263 g/mol. The lowest BCUT2D eigenvalue weighted by atomic mass is 9.85. The van der Waals surface area contributed by atoms with Gasteiger partial charge in [0.05, 0.1) is 0 Å². The molecule has 0 aliphatic carbocycles. The van der Waals surface area contributed by atoms with Crippen molar-refractivity contribution >= 4 is 17.5 Å². The third kappa shape index (κ3) is 2.36. The van der Waals surface area contributed by atoms with E-state index in [9.17, 15) is 0 Å². The van der Waals surface area contributed by atoms with E-state index >= 15 is 0 Å². The standard InChI is InChI=1S/C14H18ClN3/c1-8-7-9(14(2,3)4)5-6-10(8)11-12(15)18-13(16)17-11/h5-7H,1-4H3,(H3,16,17,18). The number of nitrogens with one attached hydrogen (secondary N) is 1. The summed E-state index contributed by atoms with van der Waals surface area (Å²) in [6.07, 6.45) is 0. The molecule has 3 nitrogen and oxygen atoms in total. The van der Waals surface area contributed by atoms with Crippen molar-refractivity contribution < 1.29 is 0 Å². The molecule has 0 fully saturated rings. The van der Waals surface area contributed by atoms with E-state index in [1.807, 2.05) is 0 Å². The summed E-state index contributed by atoms with van der Waals surface area (Å²) in [4.78, 5) is 7.03. The Morgan fingerprint density at radius 3 is 2.39 bits per heavy atom. The van der Waals surface area contributed by atoms with Crippen molar-refractivity contribution in [2.45, 2.75) is 33.1 Å². The first-order valence-corrected chi connectivity index (χ1v) is 6.29. The van der Waals surface area contributed by atoms with Gasteiger partial charge in [-0.2, -0.15) is 0 Å². The van der Waals surface area contributed by atoms with E-state index in [1.54, 1.807) is 0 Å². The zero-order valence-electron chi connectivity index (χ0n) is 11.1. The third-order valence-corrected chi connectivity index (χ3v) is 3.30. The van der Waals surface area contributed by atoms with E-state index in [0.29, 0.717) is 16.8 Å². The van der Waals surface area contributed by atoms with Crippen molar-refractivity contribution in [3.8, 4) is 11.3 Å². The molecular formula is C14H18ClN3. The molecule has 18 heavy (non-hydrogen) atoms. The van der Waals surface area contributed by atoms with Crippen LogP contribution in [0.1, 0.15) is 31.9 Å². The number of hydrogen-bond donors (Lipinski definition) is 2. The topological polar surface area (TPSA) is 54.7 Å². The van der Waals surface area contributed by atoms with Crippen molar-refractivity contribution in [2.24, 2.45) is 0 Å². The largest absolute Gasteiger partial charge is 0.369 e. The van der Waals surface area contributed by atoms with Crippen LogP contribution < -0.4 is 5.73 Å². The second kappa shape index (κ2) is 4.32. The van der Waals surface area contributed by atoms with Gasteiger partial charge >= 0.3 is 0 Å². The van der Waals surface area contributed by atoms with Gasteiger partial charge < -0.3 is 10.7 Å². The molecule has 0 radical (unpaired) electrons. The Morgan fingerprint density at radius 1 is 1.28 bits per heavy atom. The van der Waals surface area contributed by atoms with Crippen LogP contribution >= 0.6 is 11.6 Å². The molecule has 2 rings (SSSR count). The van der Waals surface area contributed by atoms with Gasteiger partial charge in [-0.25, -0.2) is 4.98 Å². The Hall–Kier alpha value is -1.48. The molecule has 0 aliphatic rings. The van der Waals surface area contributed by atoms with Gasteiger partial charge in [0.25, 0.3) is 0 Å². The summed E-state index contributed by atoms with van der Waals surface area (Å²) in [7, 11) is 0. The van der Waals surface area contributed by atoms with Crippen LogP contribution in [0.3, 0.4) is 0 Å². The highest BCUT2D eigenvalue weighted by Crippen LogP contribution is 2.32. The minimum absolute atomic E-state index is 0.137. The van der Waals surface area contributed by atoms with Crippen molar-refractivity contribution in [1.82, 2.24) is 9.97 Å². The van der Waals surface area contributed by atoms with Crippen molar-refractivity contribution in [2.75, 3.05) is 5.73 Å². The maximum Gasteiger partial charge on any atom is 0.199 e. The van der Waals surface area contributed by atoms with Crippen LogP contribution in [0.4, 0.5) is 5.95 Å². The number of nitrogen functional groups attached to an aromatic ring is 1. The highest BCUT2D eigenvalue weighted by molar-refractivity contribution is 6.32. The molecule has 0 spiro atoms. The van der Waals surface area contributed by atoms with Crippen LogP contribution in [0.5, 0.6) is 0 Å². The molecule has 0 amide bonds. The van der Waals surface area contributed by atoms with Gasteiger partial charge in [-0.3, -0.25) is 0 Å². The number of aromatic amines is 1. The van der Waals surface area contributed by atoms with E-state index in [1.165, 1.54) is 5.56 Å². The summed E-state index contributed by atoms with van der Waals surface area (Å²) < 4.78 is 0. The third-order valence-electron chi connectivity index (χ3n) is 3.03. The van der Waals surface area contributed by atoms with Crippen molar-refractivity contribution in [1.29, 1.82) is 0 Å². The number of halogens is 1. The molecule has 0 bridgehead atoms. The first-order chi connectivity index (χ1) is 8.29. The molecule has 0 atom stereocenters. The van der Waals surface area contributed by atoms with E-state index in [2.05, 4.69) is 55.9 Å². The number of hydrogen-bond acceptors (Lipinski definition) is 2. The normalized spacial score (nSPS) is 11.8. The van der Waals surface area contributed by atoms with Gasteiger partial charge in [0.15, 0.2) is 5.95 Å². The first kappa shape index (κ1) is 13.0. The maximum atomic E-state index is 6.08. The minimum atomic E-state index is 0.137. The van der Waals surface area contributed by atoms with Gasteiger partial charge in [-0.05, 0) is 23.5 Å². The molecule has 0 saturated carbocycles. The summed E-state index contributed by atoms with van der Waals surface area (Å²) >= 11 is 6.08. The molecule has 0 saturated heterocycles. The average Bonchev–Trinajstić information content (AvgIpc) is 2.56. The summed E-state index contributed by atoms with van der Waals surface area (Å²) in [5.41, 5.74) is 9.92. The first-order valence-electron chi connectivity index (χ1n) is 5.91. The van der Waals surface area contributed by atoms with E-state index in [4.69, 9.17) is 17.3 Å². The van der Waals surface area contributed by atoms with Gasteiger partial charge in [0.2, 0.25) is 0 Å². The average molecular weight is 264 g/mol. The van der Waals surface area contributed by atoms with Gasteiger partial charge in [0.1, 0.15) is 10.8 Å². The molecule has 0 unspecified atom stereocenters. The zero-order valence-corrected chi connectivity index (χ0v) is 11.9. The Bertz CT molecular complexity index is 579.